The van der Waals surface area contributed by atoms with E-state index in [0.717, 1.165) is 62.8 Å². The van der Waals surface area contributed by atoms with E-state index in [1.165, 1.54) is 6.07 Å². The van der Waals surface area contributed by atoms with Crippen LogP contribution in [-0.4, -0.2) is 68.4 Å². The molecule has 0 atom stereocenters. The number of nitrogens with zero attached hydrogens (tertiary/aromatic N) is 3. The molecule has 2 fully saturated rings. The summed E-state index contributed by atoms with van der Waals surface area (Å²) in [5.41, 5.74) is 1.67. The fourth-order valence-electron chi connectivity index (χ4n) is 4.66. The molecule has 6 nitrogen and oxygen atoms in total. The Morgan fingerprint density at radius 1 is 1.09 bits per heavy atom. The summed E-state index contributed by atoms with van der Waals surface area (Å²) in [5.74, 6) is 1.01. The summed E-state index contributed by atoms with van der Waals surface area (Å²) in [4.78, 5) is 9.53. The fourth-order valence-corrected chi connectivity index (χ4v) is 4.66. The minimum atomic E-state index is -0.210. The first-order valence-corrected chi connectivity index (χ1v) is 11.5. The van der Waals surface area contributed by atoms with Gasteiger partial charge in [-0.3, -0.25) is 4.99 Å². The third kappa shape index (κ3) is 6.09. The molecular formula is C25H34FIN4O2. The molecule has 0 amide bonds. The molecule has 2 aromatic rings. The number of ether oxygens (including phenoxy) is 1. The molecule has 0 radical (unpaired) electrons. The number of phenols is 1. The van der Waals surface area contributed by atoms with Crippen LogP contribution in [0.3, 0.4) is 0 Å². The normalized spacial score (nSPS) is 18.5. The Morgan fingerprint density at radius 2 is 1.82 bits per heavy atom. The highest BCUT2D eigenvalue weighted by Crippen LogP contribution is 2.35. The molecule has 2 saturated heterocycles. The lowest BCUT2D eigenvalue weighted by molar-refractivity contribution is 0.0529. The second-order valence-corrected chi connectivity index (χ2v) is 8.54. The van der Waals surface area contributed by atoms with Gasteiger partial charge < -0.3 is 25.0 Å². The number of piperazine rings is 1. The number of rotatable bonds is 5. The fraction of sp³-hybridized carbons (Fsp3) is 0.480. The van der Waals surface area contributed by atoms with Crippen LogP contribution in [0, 0.1) is 5.82 Å². The number of halogens is 2. The zero-order chi connectivity index (χ0) is 22.4. The zero-order valence-electron chi connectivity index (χ0n) is 19.2. The summed E-state index contributed by atoms with van der Waals surface area (Å²) in [7, 11) is 0. The van der Waals surface area contributed by atoms with Crippen molar-refractivity contribution in [1.29, 1.82) is 0 Å². The van der Waals surface area contributed by atoms with Gasteiger partial charge in [0.25, 0.3) is 0 Å². The Bertz CT molecular complexity index is 928. The van der Waals surface area contributed by atoms with Crippen molar-refractivity contribution in [1.82, 2.24) is 10.2 Å². The van der Waals surface area contributed by atoms with Crippen molar-refractivity contribution < 1.29 is 14.2 Å². The van der Waals surface area contributed by atoms with Crippen molar-refractivity contribution in [2.24, 2.45) is 4.99 Å². The second kappa shape index (κ2) is 11.9. The number of aromatic hydroxyl groups is 1. The summed E-state index contributed by atoms with van der Waals surface area (Å²) < 4.78 is 19.6. The highest BCUT2D eigenvalue weighted by molar-refractivity contribution is 14.0. The molecule has 0 spiro atoms. The molecule has 2 aliphatic rings. The van der Waals surface area contributed by atoms with Gasteiger partial charge in [-0.2, -0.15) is 0 Å². The molecule has 4 rings (SSSR count). The van der Waals surface area contributed by atoms with Crippen LogP contribution in [0.2, 0.25) is 0 Å². The predicted octanol–water partition coefficient (Wildman–Crippen LogP) is 3.99. The number of hydrogen-bond donors (Lipinski definition) is 2. The van der Waals surface area contributed by atoms with Crippen LogP contribution in [0.4, 0.5) is 10.1 Å². The van der Waals surface area contributed by atoms with Crippen molar-refractivity contribution in [2.45, 2.75) is 25.2 Å². The molecule has 2 aromatic carbocycles. The van der Waals surface area contributed by atoms with Crippen molar-refractivity contribution in [3.05, 3.63) is 59.9 Å². The Kier molecular flexibility index (Phi) is 9.19. The van der Waals surface area contributed by atoms with Crippen molar-refractivity contribution in [3.63, 3.8) is 0 Å². The number of benzene rings is 2. The van der Waals surface area contributed by atoms with Gasteiger partial charge in [-0.25, -0.2) is 4.39 Å². The van der Waals surface area contributed by atoms with Crippen LogP contribution in [-0.2, 0) is 10.2 Å². The predicted molar refractivity (Wildman–Crippen MR) is 141 cm³/mol. The standard InChI is InChI=1S/C25H33FN4O2.HI/c1-2-27-24(30-14-12-29(13-15-30)22-8-3-4-9-23(22)31)28-19-25(10-16-32-17-11-25)20-6-5-7-21(26)18-20;/h3-9,18,31H,2,10-17,19H2,1H3,(H,27,28);1H. The van der Waals surface area contributed by atoms with E-state index < -0.39 is 0 Å². The SMILES string of the molecule is CCNC(=NCC1(c2cccc(F)c2)CCOCC1)N1CCN(c2ccccc2O)CC1.I. The van der Waals surface area contributed by atoms with E-state index >= 15 is 0 Å². The third-order valence-electron chi connectivity index (χ3n) is 6.55. The van der Waals surface area contributed by atoms with E-state index in [9.17, 15) is 9.50 Å². The molecule has 2 heterocycles. The molecule has 2 aliphatic heterocycles. The first-order valence-electron chi connectivity index (χ1n) is 11.5. The van der Waals surface area contributed by atoms with Crippen molar-refractivity contribution >= 4 is 35.6 Å². The lowest BCUT2D eigenvalue weighted by Crippen LogP contribution is -2.53. The molecule has 0 saturated carbocycles. The van der Waals surface area contributed by atoms with E-state index in [4.69, 9.17) is 9.73 Å². The largest absolute Gasteiger partial charge is 0.506 e. The molecule has 0 unspecified atom stereocenters. The minimum absolute atomic E-state index is 0. The zero-order valence-corrected chi connectivity index (χ0v) is 21.5. The van der Waals surface area contributed by atoms with Gasteiger partial charge in [0.1, 0.15) is 11.6 Å². The summed E-state index contributed by atoms with van der Waals surface area (Å²) in [6, 6.07) is 14.4. The number of aliphatic imine (C=N–C) groups is 1. The number of para-hydroxylation sites is 2. The maximum atomic E-state index is 14.0. The molecule has 0 bridgehead atoms. The van der Waals surface area contributed by atoms with Crippen LogP contribution < -0.4 is 10.2 Å². The van der Waals surface area contributed by atoms with Crippen molar-refractivity contribution in [2.75, 3.05) is 57.4 Å². The average molecular weight is 568 g/mol. The Morgan fingerprint density at radius 3 is 2.48 bits per heavy atom. The van der Waals surface area contributed by atoms with Crippen LogP contribution in [0.5, 0.6) is 5.75 Å². The average Bonchev–Trinajstić information content (AvgIpc) is 2.83. The molecule has 0 aromatic heterocycles. The number of nitrogens with one attached hydrogen (secondary N) is 1. The van der Waals surface area contributed by atoms with Gasteiger partial charge in [-0.1, -0.05) is 24.3 Å². The summed E-state index contributed by atoms with van der Waals surface area (Å²) in [6.07, 6.45) is 1.67. The van der Waals surface area contributed by atoms with Gasteiger partial charge in [0.2, 0.25) is 0 Å². The molecule has 8 heteroatoms. The van der Waals surface area contributed by atoms with Gasteiger partial charge in [0.05, 0.1) is 12.2 Å². The summed E-state index contributed by atoms with van der Waals surface area (Å²) in [5, 5.41) is 13.6. The molecule has 33 heavy (non-hydrogen) atoms. The number of guanidine groups is 1. The maximum Gasteiger partial charge on any atom is 0.194 e. The van der Waals surface area contributed by atoms with Gasteiger partial charge in [-0.05, 0) is 49.6 Å². The van der Waals surface area contributed by atoms with E-state index in [2.05, 4.69) is 22.0 Å². The highest BCUT2D eigenvalue weighted by atomic mass is 127. The number of anilines is 1. The van der Waals surface area contributed by atoms with Crippen LogP contribution in [0.15, 0.2) is 53.5 Å². The Hall–Kier alpha value is -2.07. The first kappa shape index (κ1) is 25.6. The summed E-state index contributed by atoms with van der Waals surface area (Å²) >= 11 is 0. The van der Waals surface area contributed by atoms with E-state index in [-0.39, 0.29) is 35.2 Å². The smallest absolute Gasteiger partial charge is 0.194 e. The van der Waals surface area contributed by atoms with E-state index in [0.29, 0.717) is 25.5 Å². The van der Waals surface area contributed by atoms with Gasteiger partial charge in [0, 0.05) is 51.4 Å². The second-order valence-electron chi connectivity index (χ2n) is 8.54. The lowest BCUT2D eigenvalue weighted by Gasteiger charge is -2.39. The first-order chi connectivity index (χ1) is 15.6. The topological polar surface area (TPSA) is 60.3 Å². The summed E-state index contributed by atoms with van der Waals surface area (Å²) in [6.45, 7) is 8.05. The van der Waals surface area contributed by atoms with Crippen molar-refractivity contribution in [3.8, 4) is 5.75 Å². The molecule has 2 N–H and O–H groups in total. The van der Waals surface area contributed by atoms with E-state index in [1.54, 1.807) is 18.2 Å². The molecule has 180 valence electrons. The number of phenolic OH excluding ortho intramolecular Hbond substituents is 1. The molecular weight excluding hydrogens is 534 g/mol. The number of hydrogen-bond acceptors (Lipinski definition) is 4. The highest BCUT2D eigenvalue weighted by Gasteiger charge is 2.35. The Labute approximate surface area is 212 Å². The van der Waals surface area contributed by atoms with Gasteiger partial charge in [-0.15, -0.1) is 24.0 Å². The van der Waals surface area contributed by atoms with Crippen LogP contribution >= 0.6 is 24.0 Å². The van der Waals surface area contributed by atoms with E-state index in [1.807, 2.05) is 24.3 Å². The van der Waals surface area contributed by atoms with Crippen LogP contribution in [0.1, 0.15) is 25.3 Å². The maximum absolute atomic E-state index is 14.0. The van der Waals surface area contributed by atoms with Crippen LogP contribution in [0.25, 0.3) is 0 Å². The monoisotopic (exact) mass is 568 g/mol. The Balaban J connectivity index is 0.00000306. The molecule has 0 aliphatic carbocycles. The quantitative estimate of drug-likeness (QED) is 0.325. The lowest BCUT2D eigenvalue weighted by atomic mass is 9.74. The van der Waals surface area contributed by atoms with Gasteiger partial charge in [0.15, 0.2) is 5.96 Å². The third-order valence-corrected chi connectivity index (χ3v) is 6.55. The minimum Gasteiger partial charge on any atom is -0.506 e. The van der Waals surface area contributed by atoms with Gasteiger partial charge >= 0.3 is 0 Å².